The zero-order chi connectivity index (χ0) is 13.3. The van der Waals surface area contributed by atoms with E-state index in [1.165, 1.54) is 0 Å². The Labute approximate surface area is 115 Å². The van der Waals surface area contributed by atoms with Gasteiger partial charge in [-0.1, -0.05) is 34.1 Å². The van der Waals surface area contributed by atoms with Crippen molar-refractivity contribution in [3.63, 3.8) is 0 Å². The van der Waals surface area contributed by atoms with Crippen LogP contribution in [0.25, 0.3) is 10.8 Å². The van der Waals surface area contributed by atoms with E-state index in [-0.39, 0.29) is 0 Å². The third kappa shape index (κ3) is 2.67. The van der Waals surface area contributed by atoms with Crippen LogP contribution in [-0.4, -0.2) is 13.7 Å². The van der Waals surface area contributed by atoms with Crippen LogP contribution in [0.2, 0.25) is 0 Å². The number of hydrogen-bond acceptors (Lipinski definition) is 2. The quantitative estimate of drug-likeness (QED) is 0.933. The van der Waals surface area contributed by atoms with Crippen LogP contribution in [0.1, 0.15) is 13.8 Å². The van der Waals surface area contributed by atoms with Crippen molar-refractivity contribution in [1.82, 2.24) is 0 Å². The summed E-state index contributed by atoms with van der Waals surface area (Å²) in [6.45, 7) is 3.31. The molecule has 2 aromatic carbocycles. The van der Waals surface area contributed by atoms with Crippen molar-refractivity contribution >= 4 is 42.4 Å². The summed E-state index contributed by atoms with van der Waals surface area (Å²) < 4.78 is 27.1. The summed E-state index contributed by atoms with van der Waals surface area (Å²) in [5.41, 5.74) is 0.592. The lowest BCUT2D eigenvalue weighted by atomic mass is 10.1. The van der Waals surface area contributed by atoms with Crippen LogP contribution in [0.4, 0.5) is 5.69 Å². The van der Waals surface area contributed by atoms with E-state index in [0.29, 0.717) is 5.69 Å². The fourth-order valence-corrected chi connectivity index (χ4v) is 2.79. The molecule has 2 aromatic rings. The first-order valence-corrected chi connectivity index (χ1v) is 7.94. The Morgan fingerprint density at radius 2 is 1.89 bits per heavy atom. The lowest BCUT2D eigenvalue weighted by Gasteiger charge is -2.11. The van der Waals surface area contributed by atoms with Gasteiger partial charge in [-0.15, -0.1) is 0 Å². The van der Waals surface area contributed by atoms with Crippen LogP contribution in [0.15, 0.2) is 40.9 Å². The van der Waals surface area contributed by atoms with E-state index in [1.54, 1.807) is 19.9 Å². The molecule has 0 saturated heterocycles. The monoisotopic (exact) mass is 327 g/mol. The first-order chi connectivity index (χ1) is 8.40. The van der Waals surface area contributed by atoms with Gasteiger partial charge in [0.25, 0.3) is 0 Å². The van der Waals surface area contributed by atoms with E-state index in [2.05, 4.69) is 20.7 Å². The standard InChI is InChI=1S/C13H14BrNO2S/c1-9(2)18(16,17)15-11-6-7-12-10(8-11)4-3-5-13(12)14/h3-9,15H,1-2H3. The summed E-state index contributed by atoms with van der Waals surface area (Å²) in [6, 6.07) is 11.3. The van der Waals surface area contributed by atoms with Gasteiger partial charge in [-0.05, 0) is 42.8 Å². The highest BCUT2D eigenvalue weighted by Crippen LogP contribution is 2.26. The molecule has 0 aliphatic rings. The Morgan fingerprint density at radius 3 is 2.56 bits per heavy atom. The normalized spacial score (nSPS) is 12.0. The molecule has 0 saturated carbocycles. The minimum atomic E-state index is -3.29. The van der Waals surface area contributed by atoms with Crippen molar-refractivity contribution in [2.45, 2.75) is 19.1 Å². The van der Waals surface area contributed by atoms with Gasteiger partial charge in [0.2, 0.25) is 10.0 Å². The Balaban J connectivity index is 2.43. The number of nitrogens with one attached hydrogen (secondary N) is 1. The number of benzene rings is 2. The zero-order valence-corrected chi connectivity index (χ0v) is 12.5. The average molecular weight is 328 g/mol. The highest BCUT2D eigenvalue weighted by Gasteiger charge is 2.15. The fraction of sp³-hybridized carbons (Fsp3) is 0.231. The van der Waals surface area contributed by atoms with E-state index >= 15 is 0 Å². The lowest BCUT2D eigenvalue weighted by molar-refractivity contribution is 0.593. The molecular weight excluding hydrogens is 314 g/mol. The molecule has 0 aliphatic heterocycles. The second kappa shape index (κ2) is 4.90. The Bertz CT molecular complexity index is 680. The van der Waals surface area contributed by atoms with Crippen molar-refractivity contribution in [1.29, 1.82) is 0 Å². The second-order valence-electron chi connectivity index (χ2n) is 4.37. The fourth-order valence-electron chi connectivity index (χ4n) is 1.59. The summed E-state index contributed by atoms with van der Waals surface area (Å²) in [7, 11) is -3.29. The maximum atomic E-state index is 11.8. The lowest BCUT2D eigenvalue weighted by Crippen LogP contribution is -2.22. The van der Waals surface area contributed by atoms with Gasteiger partial charge >= 0.3 is 0 Å². The first-order valence-electron chi connectivity index (χ1n) is 5.60. The molecule has 0 fully saturated rings. The largest absolute Gasteiger partial charge is 0.283 e. The molecule has 0 unspecified atom stereocenters. The summed E-state index contributed by atoms with van der Waals surface area (Å²) in [6.07, 6.45) is 0. The van der Waals surface area contributed by atoms with Crippen molar-refractivity contribution in [3.8, 4) is 0 Å². The summed E-state index contributed by atoms with van der Waals surface area (Å²) in [4.78, 5) is 0. The Morgan fingerprint density at radius 1 is 1.17 bits per heavy atom. The minimum absolute atomic E-state index is 0.448. The maximum absolute atomic E-state index is 11.8. The highest BCUT2D eigenvalue weighted by molar-refractivity contribution is 9.10. The molecule has 0 bridgehead atoms. The van der Waals surface area contributed by atoms with Crippen LogP contribution in [0.5, 0.6) is 0 Å². The molecule has 0 amide bonds. The van der Waals surface area contributed by atoms with Crippen molar-refractivity contribution < 1.29 is 8.42 Å². The van der Waals surface area contributed by atoms with Gasteiger partial charge in [-0.25, -0.2) is 8.42 Å². The number of rotatable bonds is 3. The molecule has 18 heavy (non-hydrogen) atoms. The van der Waals surface area contributed by atoms with E-state index in [4.69, 9.17) is 0 Å². The molecule has 0 aliphatic carbocycles. The van der Waals surface area contributed by atoms with Crippen LogP contribution in [0.3, 0.4) is 0 Å². The van der Waals surface area contributed by atoms with Crippen LogP contribution in [-0.2, 0) is 10.0 Å². The molecule has 0 radical (unpaired) electrons. The first kappa shape index (κ1) is 13.4. The van der Waals surface area contributed by atoms with Gasteiger partial charge in [0.1, 0.15) is 0 Å². The molecular formula is C13H14BrNO2S. The molecule has 5 heteroatoms. The van der Waals surface area contributed by atoms with Gasteiger partial charge in [-0.3, -0.25) is 4.72 Å². The topological polar surface area (TPSA) is 46.2 Å². The van der Waals surface area contributed by atoms with E-state index in [9.17, 15) is 8.42 Å². The van der Waals surface area contributed by atoms with Gasteiger partial charge < -0.3 is 0 Å². The summed E-state index contributed by atoms with van der Waals surface area (Å²) in [5.74, 6) is 0. The third-order valence-corrected chi connectivity index (χ3v) is 5.16. The van der Waals surface area contributed by atoms with E-state index < -0.39 is 15.3 Å². The summed E-state index contributed by atoms with van der Waals surface area (Å²) >= 11 is 3.47. The molecule has 1 N–H and O–H groups in total. The molecule has 0 aromatic heterocycles. The maximum Gasteiger partial charge on any atom is 0.235 e. The van der Waals surface area contributed by atoms with Crippen LogP contribution in [0, 0.1) is 0 Å². The predicted molar refractivity (Wildman–Crippen MR) is 79.3 cm³/mol. The van der Waals surface area contributed by atoms with E-state index in [0.717, 1.165) is 15.2 Å². The van der Waals surface area contributed by atoms with Crippen molar-refractivity contribution in [2.75, 3.05) is 4.72 Å². The van der Waals surface area contributed by atoms with Crippen molar-refractivity contribution in [2.24, 2.45) is 0 Å². The zero-order valence-electron chi connectivity index (χ0n) is 10.1. The van der Waals surface area contributed by atoms with Crippen LogP contribution >= 0.6 is 15.9 Å². The smallest absolute Gasteiger partial charge is 0.235 e. The molecule has 0 heterocycles. The number of anilines is 1. The SMILES string of the molecule is CC(C)S(=O)(=O)Nc1ccc2c(Br)cccc2c1. The van der Waals surface area contributed by atoms with Gasteiger partial charge in [0, 0.05) is 10.2 Å². The minimum Gasteiger partial charge on any atom is -0.283 e. The third-order valence-electron chi connectivity index (χ3n) is 2.71. The molecule has 0 atom stereocenters. The average Bonchev–Trinajstić information content (AvgIpc) is 2.28. The molecule has 96 valence electrons. The molecule has 3 nitrogen and oxygen atoms in total. The van der Waals surface area contributed by atoms with Gasteiger partial charge in [-0.2, -0.15) is 0 Å². The number of fused-ring (bicyclic) bond motifs is 1. The highest BCUT2D eigenvalue weighted by atomic mass is 79.9. The van der Waals surface area contributed by atoms with Crippen LogP contribution < -0.4 is 4.72 Å². The second-order valence-corrected chi connectivity index (χ2v) is 7.46. The van der Waals surface area contributed by atoms with Gasteiger partial charge in [0.05, 0.1) is 5.25 Å². The number of halogens is 1. The van der Waals surface area contributed by atoms with Gasteiger partial charge in [0.15, 0.2) is 0 Å². The Kier molecular flexibility index (Phi) is 3.64. The molecule has 0 spiro atoms. The predicted octanol–water partition coefficient (Wildman–Crippen LogP) is 3.75. The van der Waals surface area contributed by atoms with Crippen molar-refractivity contribution in [3.05, 3.63) is 40.9 Å². The number of hydrogen-bond donors (Lipinski definition) is 1. The van der Waals surface area contributed by atoms with E-state index in [1.807, 2.05) is 30.3 Å². The Hall–Kier alpha value is -1.07. The summed E-state index contributed by atoms with van der Waals surface area (Å²) in [5, 5.41) is 1.61. The molecule has 2 rings (SSSR count). The number of sulfonamides is 1.